The minimum absolute atomic E-state index is 0.513. The van der Waals surface area contributed by atoms with E-state index in [0.29, 0.717) is 5.82 Å². The molecule has 0 aliphatic carbocycles. The lowest BCUT2D eigenvalue weighted by Gasteiger charge is -1.95. The summed E-state index contributed by atoms with van der Waals surface area (Å²) < 4.78 is 6.96. The van der Waals surface area contributed by atoms with Crippen LogP contribution >= 0.6 is 22.6 Å². The maximum absolute atomic E-state index is 5.76. The van der Waals surface area contributed by atoms with Crippen LogP contribution < -0.4 is 5.73 Å². The van der Waals surface area contributed by atoms with Gasteiger partial charge in [0, 0.05) is 20.7 Å². The number of pyridine rings is 1. The van der Waals surface area contributed by atoms with Crippen molar-refractivity contribution in [1.29, 1.82) is 0 Å². The second-order valence-electron chi connectivity index (χ2n) is 3.76. The summed E-state index contributed by atoms with van der Waals surface area (Å²) in [5.74, 6) is 1.33. The first-order chi connectivity index (χ1) is 8.22. The highest BCUT2D eigenvalue weighted by Crippen LogP contribution is 2.28. The Kier molecular flexibility index (Phi) is 2.51. The molecule has 0 spiro atoms. The van der Waals surface area contributed by atoms with Crippen LogP contribution in [0.25, 0.3) is 22.3 Å². The van der Waals surface area contributed by atoms with Crippen LogP contribution in [0.2, 0.25) is 0 Å². The first-order valence-corrected chi connectivity index (χ1v) is 6.21. The van der Waals surface area contributed by atoms with E-state index in [9.17, 15) is 0 Å². The number of fused-ring (bicyclic) bond motifs is 1. The Labute approximate surface area is 112 Å². The van der Waals surface area contributed by atoms with Gasteiger partial charge >= 0.3 is 0 Å². The highest BCUT2D eigenvalue weighted by molar-refractivity contribution is 14.1. The maximum Gasteiger partial charge on any atom is 0.136 e. The topological polar surface area (TPSA) is 52.0 Å². The predicted molar refractivity (Wildman–Crippen MR) is 76.6 cm³/mol. The van der Waals surface area contributed by atoms with E-state index in [1.807, 2.05) is 24.3 Å². The zero-order valence-corrected chi connectivity index (χ0v) is 11.0. The Hall–Kier alpha value is -1.56. The molecular formula is C13H9IN2O. The lowest BCUT2D eigenvalue weighted by atomic mass is 10.2. The van der Waals surface area contributed by atoms with E-state index in [2.05, 4.69) is 33.6 Å². The molecule has 0 radical (unpaired) electrons. The van der Waals surface area contributed by atoms with Gasteiger partial charge in [-0.05, 0) is 59.0 Å². The van der Waals surface area contributed by atoms with Crippen LogP contribution in [-0.4, -0.2) is 4.98 Å². The van der Waals surface area contributed by atoms with Crippen molar-refractivity contribution in [3.63, 3.8) is 0 Å². The number of nitrogens with zero attached hydrogens (tertiary/aromatic N) is 1. The van der Waals surface area contributed by atoms with Crippen LogP contribution in [0, 0.1) is 3.57 Å². The molecule has 0 saturated heterocycles. The molecule has 0 amide bonds. The molecule has 17 heavy (non-hydrogen) atoms. The number of hydrogen-bond donors (Lipinski definition) is 1. The molecular weight excluding hydrogens is 327 g/mol. The van der Waals surface area contributed by atoms with E-state index in [0.717, 1.165) is 22.3 Å². The minimum Gasteiger partial charge on any atom is -0.456 e. The maximum atomic E-state index is 5.76. The summed E-state index contributed by atoms with van der Waals surface area (Å²) in [6.07, 6.45) is 1.72. The smallest absolute Gasteiger partial charge is 0.136 e. The molecule has 2 heterocycles. The second kappa shape index (κ2) is 4.03. The van der Waals surface area contributed by atoms with Gasteiger partial charge < -0.3 is 10.2 Å². The fourth-order valence-electron chi connectivity index (χ4n) is 1.71. The van der Waals surface area contributed by atoms with E-state index in [1.54, 1.807) is 12.3 Å². The fraction of sp³-hybridized carbons (Fsp3) is 0. The van der Waals surface area contributed by atoms with Crippen molar-refractivity contribution in [3.05, 3.63) is 46.2 Å². The van der Waals surface area contributed by atoms with Crippen molar-refractivity contribution in [3.8, 4) is 11.3 Å². The number of aromatic nitrogens is 1. The first-order valence-electron chi connectivity index (χ1n) is 5.13. The van der Waals surface area contributed by atoms with E-state index in [1.165, 1.54) is 3.57 Å². The third-order valence-electron chi connectivity index (χ3n) is 2.55. The molecule has 2 N–H and O–H groups in total. The van der Waals surface area contributed by atoms with E-state index < -0.39 is 0 Å². The van der Waals surface area contributed by atoms with Crippen molar-refractivity contribution in [2.45, 2.75) is 0 Å². The molecule has 84 valence electrons. The molecule has 0 unspecified atom stereocenters. The van der Waals surface area contributed by atoms with Crippen LogP contribution in [-0.2, 0) is 0 Å². The molecule has 0 bridgehead atoms. The van der Waals surface area contributed by atoms with E-state index in [4.69, 9.17) is 10.2 Å². The molecule has 3 aromatic rings. The number of hydrogen-bond acceptors (Lipinski definition) is 3. The lowest BCUT2D eigenvalue weighted by molar-refractivity contribution is 0.631. The van der Waals surface area contributed by atoms with Crippen LogP contribution in [0.3, 0.4) is 0 Å². The van der Waals surface area contributed by atoms with Gasteiger partial charge in [-0.2, -0.15) is 0 Å². The van der Waals surface area contributed by atoms with Crippen LogP contribution in [0.15, 0.2) is 47.0 Å². The molecule has 2 aromatic heterocycles. The Morgan fingerprint density at radius 3 is 2.76 bits per heavy atom. The molecule has 0 atom stereocenters. The number of benzene rings is 1. The lowest BCUT2D eigenvalue weighted by Crippen LogP contribution is -1.87. The first kappa shape index (κ1) is 10.6. The van der Waals surface area contributed by atoms with E-state index in [-0.39, 0.29) is 0 Å². The standard InChI is InChI=1S/C13H9IN2O/c14-10-2-3-11-9(5-10)6-12(17-11)8-1-4-13(15)16-7-8/h1-7H,(H2,15,16). The zero-order valence-electron chi connectivity index (χ0n) is 8.85. The van der Waals surface area contributed by atoms with E-state index >= 15 is 0 Å². The van der Waals surface area contributed by atoms with Crippen LogP contribution in [0.1, 0.15) is 0 Å². The number of nitrogen functional groups attached to an aromatic ring is 1. The summed E-state index contributed by atoms with van der Waals surface area (Å²) in [5, 5.41) is 1.10. The summed E-state index contributed by atoms with van der Waals surface area (Å²) in [6.45, 7) is 0. The second-order valence-corrected chi connectivity index (χ2v) is 5.01. The monoisotopic (exact) mass is 336 g/mol. The summed E-state index contributed by atoms with van der Waals surface area (Å²) in [4.78, 5) is 4.06. The summed E-state index contributed by atoms with van der Waals surface area (Å²) >= 11 is 2.29. The third-order valence-corrected chi connectivity index (χ3v) is 3.22. The number of nitrogens with two attached hydrogens (primary N) is 1. The molecule has 4 heteroatoms. The number of furan rings is 1. The van der Waals surface area contributed by atoms with Gasteiger partial charge in [-0.3, -0.25) is 0 Å². The molecule has 1 aromatic carbocycles. The molecule has 0 saturated carbocycles. The van der Waals surface area contributed by atoms with Gasteiger partial charge in [0.1, 0.15) is 17.2 Å². The SMILES string of the molecule is Nc1ccc(-c2cc3cc(I)ccc3o2)cn1. The molecule has 3 nitrogen and oxygen atoms in total. The van der Waals surface area contributed by atoms with Crippen molar-refractivity contribution < 1.29 is 4.42 Å². The minimum atomic E-state index is 0.513. The highest BCUT2D eigenvalue weighted by atomic mass is 127. The average Bonchev–Trinajstić information content (AvgIpc) is 2.72. The van der Waals surface area contributed by atoms with Crippen molar-refractivity contribution in [2.75, 3.05) is 5.73 Å². The average molecular weight is 336 g/mol. The van der Waals surface area contributed by atoms with Crippen LogP contribution in [0.5, 0.6) is 0 Å². The zero-order chi connectivity index (χ0) is 11.8. The molecule has 0 aliphatic rings. The van der Waals surface area contributed by atoms with Gasteiger partial charge in [0.2, 0.25) is 0 Å². The highest BCUT2D eigenvalue weighted by Gasteiger charge is 2.06. The van der Waals surface area contributed by atoms with Gasteiger partial charge in [-0.25, -0.2) is 4.98 Å². The molecule has 0 fully saturated rings. The Morgan fingerprint density at radius 1 is 1.12 bits per heavy atom. The normalized spacial score (nSPS) is 10.9. The summed E-state index contributed by atoms with van der Waals surface area (Å²) in [6, 6.07) is 11.8. The third kappa shape index (κ3) is 2.00. The van der Waals surface area contributed by atoms with Gasteiger partial charge in [-0.15, -0.1) is 0 Å². The summed E-state index contributed by atoms with van der Waals surface area (Å²) in [5.41, 5.74) is 7.38. The van der Waals surface area contributed by atoms with Crippen molar-refractivity contribution in [1.82, 2.24) is 4.98 Å². The van der Waals surface area contributed by atoms with Gasteiger partial charge in [0.15, 0.2) is 0 Å². The molecule has 3 rings (SSSR count). The Bertz CT molecular complexity index is 673. The van der Waals surface area contributed by atoms with Crippen molar-refractivity contribution >= 4 is 39.4 Å². The van der Waals surface area contributed by atoms with Gasteiger partial charge in [-0.1, -0.05) is 0 Å². The van der Waals surface area contributed by atoms with Crippen LogP contribution in [0.4, 0.5) is 5.82 Å². The van der Waals surface area contributed by atoms with Gasteiger partial charge in [0.05, 0.1) is 0 Å². The quantitative estimate of drug-likeness (QED) is 0.690. The number of anilines is 1. The summed E-state index contributed by atoms with van der Waals surface area (Å²) in [7, 11) is 0. The number of rotatable bonds is 1. The van der Waals surface area contributed by atoms with Gasteiger partial charge in [0.25, 0.3) is 0 Å². The molecule has 0 aliphatic heterocycles. The largest absolute Gasteiger partial charge is 0.456 e. The Balaban J connectivity index is 2.14. The number of halogens is 1. The Morgan fingerprint density at radius 2 is 2.00 bits per heavy atom. The predicted octanol–water partition coefficient (Wildman–Crippen LogP) is 3.68. The fourth-order valence-corrected chi connectivity index (χ4v) is 2.22. The van der Waals surface area contributed by atoms with Crippen molar-refractivity contribution in [2.24, 2.45) is 0 Å².